The Hall–Kier alpha value is -1.72. The molecule has 0 spiro atoms. The summed E-state index contributed by atoms with van der Waals surface area (Å²) >= 11 is 1.65. The molecule has 2 aromatic rings. The van der Waals surface area contributed by atoms with Crippen molar-refractivity contribution in [3.05, 3.63) is 26.6 Å². The number of nitrogens with zero attached hydrogens (tertiary/aromatic N) is 2. The highest BCUT2D eigenvalue weighted by Crippen LogP contribution is 2.33. The quantitative estimate of drug-likeness (QED) is 0.534. The van der Waals surface area contributed by atoms with E-state index in [9.17, 15) is 9.90 Å². The molecule has 0 aliphatic heterocycles. The fourth-order valence-electron chi connectivity index (χ4n) is 3.51. The molecule has 146 valence electrons. The fourth-order valence-corrected chi connectivity index (χ4v) is 4.79. The first kappa shape index (κ1) is 20.0. The summed E-state index contributed by atoms with van der Waals surface area (Å²) in [6.45, 7) is 5.37. The monoisotopic (exact) mass is 389 g/mol. The summed E-state index contributed by atoms with van der Waals surface area (Å²) in [5, 5.41) is 11.0. The average Bonchev–Trinajstić information content (AvgIpc) is 3.00. The number of fused-ring (bicyclic) bond motifs is 3. The van der Waals surface area contributed by atoms with E-state index in [1.165, 1.54) is 16.9 Å². The van der Waals surface area contributed by atoms with Crippen molar-refractivity contribution in [2.45, 2.75) is 58.2 Å². The van der Waals surface area contributed by atoms with E-state index in [0.717, 1.165) is 29.5 Å². The SMILES string of the molecule is C#CCOC[C@@H](O)CN(Cc1nc2sc3c(c2c(=O)[nH]1)CCCC3)C(C)C. The van der Waals surface area contributed by atoms with Gasteiger partial charge in [-0.3, -0.25) is 9.69 Å². The molecule has 6 nitrogen and oxygen atoms in total. The van der Waals surface area contributed by atoms with Gasteiger partial charge in [-0.1, -0.05) is 5.92 Å². The highest BCUT2D eigenvalue weighted by atomic mass is 32.1. The predicted molar refractivity (Wildman–Crippen MR) is 108 cm³/mol. The van der Waals surface area contributed by atoms with Crippen molar-refractivity contribution in [3.8, 4) is 12.3 Å². The Labute approximate surface area is 163 Å². The maximum Gasteiger partial charge on any atom is 0.259 e. The summed E-state index contributed by atoms with van der Waals surface area (Å²) < 4.78 is 5.21. The third kappa shape index (κ3) is 4.77. The number of hydrogen-bond donors (Lipinski definition) is 2. The second-order valence-corrected chi connectivity index (χ2v) is 8.38. The van der Waals surface area contributed by atoms with E-state index in [0.29, 0.717) is 18.9 Å². The molecule has 0 saturated heterocycles. The first-order chi connectivity index (χ1) is 13.0. The molecule has 2 N–H and O–H groups in total. The highest BCUT2D eigenvalue weighted by molar-refractivity contribution is 7.18. The predicted octanol–water partition coefficient (Wildman–Crippen LogP) is 2.08. The number of aromatic nitrogens is 2. The molecule has 2 heterocycles. The van der Waals surface area contributed by atoms with E-state index in [1.807, 2.05) is 0 Å². The van der Waals surface area contributed by atoms with E-state index < -0.39 is 6.10 Å². The molecule has 0 amide bonds. The van der Waals surface area contributed by atoms with Crippen LogP contribution in [-0.2, 0) is 24.1 Å². The van der Waals surface area contributed by atoms with E-state index >= 15 is 0 Å². The third-order valence-corrected chi connectivity index (χ3v) is 6.08. The lowest BCUT2D eigenvalue weighted by atomic mass is 9.97. The van der Waals surface area contributed by atoms with Gasteiger partial charge < -0.3 is 14.8 Å². The number of aliphatic hydroxyl groups is 1. The smallest absolute Gasteiger partial charge is 0.259 e. The van der Waals surface area contributed by atoms with Crippen LogP contribution in [0.3, 0.4) is 0 Å². The largest absolute Gasteiger partial charge is 0.389 e. The van der Waals surface area contributed by atoms with Gasteiger partial charge in [0.2, 0.25) is 0 Å². The van der Waals surface area contributed by atoms with E-state index in [4.69, 9.17) is 16.1 Å². The molecule has 0 fully saturated rings. The number of aromatic amines is 1. The van der Waals surface area contributed by atoms with Gasteiger partial charge in [-0.05, 0) is 45.1 Å². The number of hydrogen-bond acceptors (Lipinski definition) is 6. The van der Waals surface area contributed by atoms with Crippen LogP contribution in [0.15, 0.2) is 4.79 Å². The normalized spacial score (nSPS) is 15.3. The summed E-state index contributed by atoms with van der Waals surface area (Å²) in [5.74, 6) is 3.02. The Balaban J connectivity index is 1.77. The van der Waals surface area contributed by atoms with Crippen LogP contribution < -0.4 is 5.56 Å². The molecule has 1 aliphatic rings. The average molecular weight is 390 g/mol. The van der Waals surface area contributed by atoms with Crippen LogP contribution in [0, 0.1) is 12.3 Å². The molecule has 1 atom stereocenters. The number of thiophene rings is 1. The number of H-pyrrole nitrogens is 1. The Morgan fingerprint density at radius 2 is 2.19 bits per heavy atom. The summed E-state index contributed by atoms with van der Waals surface area (Å²) in [4.78, 5) is 24.6. The molecule has 0 unspecified atom stereocenters. The van der Waals surface area contributed by atoms with Crippen LogP contribution in [0.1, 0.15) is 43.0 Å². The molecule has 0 bridgehead atoms. The highest BCUT2D eigenvalue weighted by Gasteiger charge is 2.21. The van der Waals surface area contributed by atoms with Crippen molar-refractivity contribution >= 4 is 21.6 Å². The standard InChI is InChI=1S/C20H27N3O3S/c1-4-9-26-12-14(24)10-23(13(2)3)11-17-21-19(25)18-15-7-5-6-8-16(15)27-20(18)22-17/h1,13-14,24H,5-12H2,2-3H3,(H,21,22,25)/t14-/m0/s1. The van der Waals surface area contributed by atoms with Gasteiger partial charge in [0.1, 0.15) is 17.3 Å². The molecular formula is C20H27N3O3S. The lowest BCUT2D eigenvalue weighted by molar-refractivity contribution is 0.0186. The van der Waals surface area contributed by atoms with Crippen LogP contribution in [0.4, 0.5) is 0 Å². The fraction of sp³-hybridized carbons (Fsp3) is 0.600. The van der Waals surface area contributed by atoms with Crippen molar-refractivity contribution < 1.29 is 9.84 Å². The number of nitrogens with one attached hydrogen (secondary N) is 1. The minimum Gasteiger partial charge on any atom is -0.389 e. The Bertz CT molecular complexity index is 881. The van der Waals surface area contributed by atoms with Gasteiger partial charge in [-0.25, -0.2) is 4.98 Å². The van der Waals surface area contributed by atoms with Crippen LogP contribution in [0.25, 0.3) is 10.2 Å². The number of ether oxygens (including phenoxy) is 1. The molecule has 7 heteroatoms. The first-order valence-corrected chi connectivity index (χ1v) is 10.3. The summed E-state index contributed by atoms with van der Waals surface area (Å²) in [5.41, 5.74) is 1.15. The van der Waals surface area contributed by atoms with Crippen molar-refractivity contribution in [1.29, 1.82) is 0 Å². The van der Waals surface area contributed by atoms with E-state index in [1.54, 1.807) is 11.3 Å². The summed E-state index contributed by atoms with van der Waals surface area (Å²) in [6, 6.07) is 0.185. The van der Waals surface area contributed by atoms with Crippen LogP contribution in [-0.4, -0.2) is 51.9 Å². The van der Waals surface area contributed by atoms with Crippen molar-refractivity contribution in [1.82, 2.24) is 14.9 Å². The lowest BCUT2D eigenvalue weighted by Crippen LogP contribution is -2.39. The Morgan fingerprint density at radius 3 is 2.93 bits per heavy atom. The molecule has 0 aromatic carbocycles. The van der Waals surface area contributed by atoms with Crippen molar-refractivity contribution in [3.63, 3.8) is 0 Å². The van der Waals surface area contributed by atoms with Gasteiger partial charge in [0.15, 0.2) is 0 Å². The van der Waals surface area contributed by atoms with Crippen LogP contribution in [0.5, 0.6) is 0 Å². The molecular weight excluding hydrogens is 362 g/mol. The van der Waals surface area contributed by atoms with Gasteiger partial charge >= 0.3 is 0 Å². The zero-order valence-electron chi connectivity index (χ0n) is 16.0. The molecule has 2 aromatic heterocycles. The van der Waals surface area contributed by atoms with E-state index in [2.05, 4.69) is 29.7 Å². The van der Waals surface area contributed by atoms with Crippen LogP contribution >= 0.6 is 11.3 Å². The van der Waals surface area contributed by atoms with Gasteiger partial charge in [-0.15, -0.1) is 17.8 Å². The molecule has 27 heavy (non-hydrogen) atoms. The molecule has 1 aliphatic carbocycles. The van der Waals surface area contributed by atoms with Crippen molar-refractivity contribution in [2.75, 3.05) is 19.8 Å². The summed E-state index contributed by atoms with van der Waals surface area (Å²) in [6.07, 6.45) is 8.85. The summed E-state index contributed by atoms with van der Waals surface area (Å²) in [7, 11) is 0. The van der Waals surface area contributed by atoms with Crippen molar-refractivity contribution in [2.24, 2.45) is 0 Å². The van der Waals surface area contributed by atoms with Gasteiger partial charge in [0, 0.05) is 17.5 Å². The maximum atomic E-state index is 12.7. The number of aliphatic hydroxyl groups excluding tert-OH is 1. The zero-order valence-corrected chi connectivity index (χ0v) is 16.8. The van der Waals surface area contributed by atoms with E-state index in [-0.39, 0.29) is 24.8 Å². The third-order valence-electron chi connectivity index (χ3n) is 4.90. The number of aryl methyl sites for hydroxylation is 2. The maximum absolute atomic E-state index is 12.7. The Kier molecular flexibility index (Phi) is 6.66. The lowest BCUT2D eigenvalue weighted by Gasteiger charge is -2.28. The number of terminal acetylenes is 1. The van der Waals surface area contributed by atoms with Gasteiger partial charge in [0.25, 0.3) is 5.56 Å². The molecule has 0 radical (unpaired) electrons. The number of rotatable bonds is 8. The topological polar surface area (TPSA) is 78.5 Å². The zero-order chi connectivity index (χ0) is 19.4. The minimum atomic E-state index is -0.648. The molecule has 0 saturated carbocycles. The van der Waals surface area contributed by atoms with Crippen LogP contribution in [0.2, 0.25) is 0 Å². The molecule has 3 rings (SSSR count). The first-order valence-electron chi connectivity index (χ1n) is 9.46. The van der Waals surface area contributed by atoms with Gasteiger partial charge in [0.05, 0.1) is 24.6 Å². The minimum absolute atomic E-state index is 0.0454. The second kappa shape index (κ2) is 8.98. The van der Waals surface area contributed by atoms with Gasteiger partial charge in [-0.2, -0.15) is 0 Å². The second-order valence-electron chi connectivity index (χ2n) is 7.30. The Morgan fingerprint density at radius 1 is 1.41 bits per heavy atom.